The van der Waals surface area contributed by atoms with Crippen LogP contribution in [0.3, 0.4) is 0 Å². The maximum Gasteiger partial charge on any atom is 0.415 e. The maximum atomic E-state index is 15.6. The molecule has 8 atom stereocenters. The Morgan fingerprint density at radius 1 is 0.797 bits per heavy atom. The first-order chi connectivity index (χ1) is 28.5. The highest BCUT2D eigenvalue weighted by Crippen LogP contribution is 2.78. The van der Waals surface area contributed by atoms with Crippen LogP contribution in [0.4, 0.5) is 4.79 Å². The zero-order chi connectivity index (χ0) is 40.6. The first kappa shape index (κ1) is 38.4. The highest BCUT2D eigenvalue weighted by atomic mass is 32.1. The lowest BCUT2D eigenvalue weighted by Crippen LogP contribution is -2.67. The number of carbonyl (C=O) groups is 2. The van der Waals surface area contributed by atoms with E-state index < -0.39 is 34.0 Å². The van der Waals surface area contributed by atoms with Gasteiger partial charge in [0.25, 0.3) is 0 Å². The molecule has 1 aromatic heterocycles. The quantitative estimate of drug-likeness (QED) is 0.114. The number of amides is 1. The number of ether oxygens (including phenoxy) is 1. The van der Waals surface area contributed by atoms with Crippen molar-refractivity contribution in [2.45, 2.75) is 76.9 Å². The summed E-state index contributed by atoms with van der Waals surface area (Å²) in [6.07, 6.45) is 11.9. The second-order valence-corrected chi connectivity index (χ2v) is 19.7. The average Bonchev–Trinajstić information content (AvgIpc) is 3.87. The first-order valence-electron chi connectivity index (χ1n) is 21.5. The Kier molecular flexibility index (Phi) is 9.20. The molecule has 3 saturated carbocycles. The van der Waals surface area contributed by atoms with Crippen molar-refractivity contribution in [3.05, 3.63) is 149 Å². The summed E-state index contributed by atoms with van der Waals surface area (Å²) in [6, 6.07) is 36.0. The van der Waals surface area contributed by atoms with E-state index in [1.807, 2.05) is 91.0 Å². The van der Waals surface area contributed by atoms with Crippen LogP contribution in [0, 0.1) is 33.5 Å². The summed E-state index contributed by atoms with van der Waals surface area (Å²) in [5.74, 6) is 0.626. The Balaban J connectivity index is 1.03. The molecule has 2 spiro atoms. The van der Waals surface area contributed by atoms with E-state index in [0.29, 0.717) is 37.1 Å². The summed E-state index contributed by atoms with van der Waals surface area (Å²) in [5, 5.41) is 28.6. The largest absolute Gasteiger partial charge is 0.415 e. The molecule has 302 valence electrons. The standard InChI is InChI=1S/C52H53NO5S/c1-48-24-20-38(54)32-50(48)27-28-52(43(33-50)46(55)42-17-9-8-16-41(42)36-12-4-3-5-13-36)44(48)21-25-49(2)45(52)22-26-51(49,57)34-53(29-23-40-15-10-30-59-40)47(56)58-39-19-18-35-11-6-7-14-37(35)31-39/h3-19,27-28,30-31,33,38,44-45,54,57H,20-26,29,32,34H2,1-2H3/t38?,44-,45-,48-,49+,50+,51-,52-/m1/s1. The van der Waals surface area contributed by atoms with Gasteiger partial charge in [0.15, 0.2) is 5.78 Å². The Labute approximate surface area is 351 Å². The number of hydrogen-bond acceptors (Lipinski definition) is 6. The van der Waals surface area contributed by atoms with Gasteiger partial charge in [-0.2, -0.15) is 0 Å². The van der Waals surface area contributed by atoms with Crippen molar-refractivity contribution < 1.29 is 24.5 Å². The number of allylic oxidation sites excluding steroid dienone is 4. The van der Waals surface area contributed by atoms with E-state index in [2.05, 4.69) is 55.7 Å². The molecule has 6 aliphatic carbocycles. The monoisotopic (exact) mass is 803 g/mol. The third-order valence-electron chi connectivity index (χ3n) is 16.1. The number of benzene rings is 4. The molecule has 7 heteroatoms. The first-order valence-corrected chi connectivity index (χ1v) is 22.4. The van der Waals surface area contributed by atoms with Gasteiger partial charge in [-0.05, 0) is 114 Å². The minimum Gasteiger partial charge on any atom is -0.410 e. The van der Waals surface area contributed by atoms with Crippen LogP contribution in [-0.2, 0) is 6.42 Å². The van der Waals surface area contributed by atoms with Gasteiger partial charge in [0.05, 0.1) is 18.2 Å². The van der Waals surface area contributed by atoms with Gasteiger partial charge >= 0.3 is 6.09 Å². The average molecular weight is 804 g/mol. The van der Waals surface area contributed by atoms with Crippen LogP contribution in [0.15, 0.2) is 138 Å². The van der Waals surface area contributed by atoms with E-state index in [-0.39, 0.29) is 29.6 Å². The number of thiophene rings is 1. The smallest absolute Gasteiger partial charge is 0.410 e. The molecule has 0 aliphatic heterocycles. The van der Waals surface area contributed by atoms with Gasteiger partial charge in [-0.1, -0.05) is 123 Å². The molecule has 2 N–H and O–H groups in total. The third-order valence-corrected chi connectivity index (χ3v) is 17.0. The summed E-state index contributed by atoms with van der Waals surface area (Å²) in [6.45, 7) is 5.20. The van der Waals surface area contributed by atoms with Crippen molar-refractivity contribution in [3.8, 4) is 16.9 Å². The fraction of sp³-hybridized carbons (Fsp3) is 0.385. The zero-order valence-corrected chi connectivity index (χ0v) is 34.8. The Morgan fingerprint density at radius 2 is 1.53 bits per heavy atom. The van der Waals surface area contributed by atoms with Gasteiger partial charge in [-0.25, -0.2) is 4.79 Å². The fourth-order valence-electron chi connectivity index (χ4n) is 12.9. The van der Waals surface area contributed by atoms with E-state index in [1.165, 1.54) is 4.88 Å². The highest BCUT2D eigenvalue weighted by Gasteiger charge is 2.74. The van der Waals surface area contributed by atoms with Crippen molar-refractivity contribution in [1.29, 1.82) is 0 Å². The molecule has 4 aromatic carbocycles. The normalized spacial score (nSPS) is 32.8. The number of rotatable bonds is 9. The predicted octanol–water partition coefficient (Wildman–Crippen LogP) is 11.1. The predicted molar refractivity (Wildman–Crippen MR) is 234 cm³/mol. The molecule has 6 aliphatic rings. The fourth-order valence-corrected chi connectivity index (χ4v) is 13.6. The van der Waals surface area contributed by atoms with Crippen LogP contribution in [0.25, 0.3) is 21.9 Å². The van der Waals surface area contributed by atoms with E-state index in [1.54, 1.807) is 16.2 Å². The van der Waals surface area contributed by atoms with Crippen LogP contribution in [0.5, 0.6) is 5.75 Å². The number of fused-ring (bicyclic) bond motifs is 2. The van der Waals surface area contributed by atoms with Crippen molar-refractivity contribution in [2.75, 3.05) is 13.1 Å². The minimum atomic E-state index is -1.23. The number of aliphatic hydroxyl groups excluding tert-OH is 1. The van der Waals surface area contributed by atoms with Gasteiger partial charge in [0.1, 0.15) is 5.75 Å². The number of aliphatic hydroxyl groups is 2. The number of nitrogens with zero attached hydrogens (tertiary/aromatic N) is 1. The summed E-state index contributed by atoms with van der Waals surface area (Å²) >= 11 is 1.67. The zero-order valence-electron chi connectivity index (χ0n) is 34.0. The van der Waals surface area contributed by atoms with Gasteiger partial charge < -0.3 is 19.8 Å². The maximum absolute atomic E-state index is 15.6. The lowest BCUT2D eigenvalue weighted by atomic mass is 9.32. The van der Waals surface area contributed by atoms with Crippen molar-refractivity contribution in [2.24, 2.45) is 33.5 Å². The summed E-state index contributed by atoms with van der Waals surface area (Å²) in [5.41, 5.74) is 0.378. The molecule has 2 bridgehead atoms. The second-order valence-electron chi connectivity index (χ2n) is 18.7. The summed E-state index contributed by atoms with van der Waals surface area (Å²) in [7, 11) is 0. The molecule has 1 amide bonds. The molecular formula is C52H53NO5S. The summed E-state index contributed by atoms with van der Waals surface area (Å²) < 4.78 is 6.13. The van der Waals surface area contributed by atoms with E-state index >= 15 is 4.79 Å². The second kappa shape index (κ2) is 14.1. The van der Waals surface area contributed by atoms with Crippen molar-refractivity contribution >= 4 is 34.0 Å². The van der Waals surface area contributed by atoms with E-state index in [0.717, 1.165) is 59.6 Å². The molecular weight excluding hydrogens is 751 g/mol. The molecule has 1 heterocycles. The van der Waals surface area contributed by atoms with Crippen LogP contribution in [-0.4, -0.2) is 51.8 Å². The molecule has 3 fully saturated rings. The lowest BCUT2D eigenvalue weighted by Gasteiger charge is -2.71. The molecule has 59 heavy (non-hydrogen) atoms. The Hall–Kier alpha value is -4.82. The van der Waals surface area contributed by atoms with Crippen molar-refractivity contribution in [3.63, 3.8) is 0 Å². The topological polar surface area (TPSA) is 87.1 Å². The Bertz CT molecular complexity index is 2490. The van der Waals surface area contributed by atoms with Gasteiger partial charge in [-0.3, -0.25) is 4.79 Å². The van der Waals surface area contributed by atoms with Crippen LogP contribution < -0.4 is 4.74 Å². The lowest BCUT2D eigenvalue weighted by molar-refractivity contribution is -0.175. The molecule has 11 rings (SSSR count). The third kappa shape index (κ3) is 5.86. The molecule has 0 radical (unpaired) electrons. The Morgan fingerprint density at radius 3 is 2.34 bits per heavy atom. The molecule has 5 aromatic rings. The van der Waals surface area contributed by atoms with E-state index in [4.69, 9.17) is 4.74 Å². The number of ketones is 1. The van der Waals surface area contributed by atoms with Crippen LogP contribution in [0.1, 0.15) is 74.0 Å². The number of carbonyl (C=O) groups excluding carboxylic acids is 2. The molecule has 6 nitrogen and oxygen atoms in total. The van der Waals surface area contributed by atoms with Gasteiger partial charge in [0.2, 0.25) is 0 Å². The van der Waals surface area contributed by atoms with Gasteiger partial charge in [0, 0.05) is 38.8 Å². The minimum absolute atomic E-state index is 0.0384. The summed E-state index contributed by atoms with van der Waals surface area (Å²) in [4.78, 5) is 32.8. The molecule has 0 saturated heterocycles. The van der Waals surface area contributed by atoms with Crippen LogP contribution >= 0.6 is 11.3 Å². The van der Waals surface area contributed by atoms with Gasteiger partial charge in [-0.15, -0.1) is 11.3 Å². The van der Waals surface area contributed by atoms with Crippen LogP contribution in [0.2, 0.25) is 0 Å². The molecule has 1 unspecified atom stereocenters. The van der Waals surface area contributed by atoms with Crippen molar-refractivity contribution in [1.82, 2.24) is 4.90 Å². The number of hydrogen-bond donors (Lipinski definition) is 2. The SMILES string of the molecule is C[C@]12CC[C@H]3[C@]4(C=C[C@@]5(C=C4C(=O)c4ccccc4-c4ccccc4)CC(O)CC[C@]35C)[C@@H]1CC[C@@]2(O)CN(CCc1cccs1)C(=O)Oc1ccc2ccccc2c1. The van der Waals surface area contributed by atoms with E-state index in [9.17, 15) is 15.0 Å². The highest BCUT2D eigenvalue weighted by molar-refractivity contribution is 7.09. The number of Topliss-reactive ketones (excluding diaryl/α,β-unsaturated/α-hetero) is 1.